The molecule has 0 atom stereocenters. The molecule has 0 unspecified atom stereocenters. The van der Waals surface area contributed by atoms with Crippen molar-refractivity contribution in [2.24, 2.45) is 0 Å². The highest BCUT2D eigenvalue weighted by Crippen LogP contribution is 2.10. The van der Waals surface area contributed by atoms with Gasteiger partial charge >= 0.3 is 5.82 Å². The number of aromatic nitrogens is 1. The second kappa shape index (κ2) is 7.60. The van der Waals surface area contributed by atoms with Crippen LogP contribution in [0, 0.1) is 10.1 Å². The number of nitrogens with one attached hydrogen (secondary N) is 1. The molecule has 1 heterocycles. The lowest BCUT2D eigenvalue weighted by atomic mass is 10.3. The quantitative estimate of drug-likeness (QED) is 0.567. The van der Waals surface area contributed by atoms with Crippen molar-refractivity contribution in [3.63, 3.8) is 0 Å². The maximum absolute atomic E-state index is 10.4. The Kier molecular flexibility index (Phi) is 6.07. The first kappa shape index (κ1) is 14.4. The number of pyridine rings is 1. The van der Waals surface area contributed by atoms with Crippen LogP contribution in [0.3, 0.4) is 0 Å². The first-order valence-corrected chi connectivity index (χ1v) is 6.24. The maximum Gasteiger partial charge on any atom is 0.363 e. The summed E-state index contributed by atoms with van der Waals surface area (Å²) in [6.07, 6.45) is 2.64. The lowest BCUT2D eigenvalue weighted by Crippen LogP contribution is -2.29. The highest BCUT2D eigenvalue weighted by atomic mass is 16.6. The van der Waals surface area contributed by atoms with E-state index in [2.05, 4.69) is 29.0 Å². The van der Waals surface area contributed by atoms with E-state index in [-0.39, 0.29) is 5.82 Å². The third-order valence-electron chi connectivity index (χ3n) is 2.68. The fourth-order valence-corrected chi connectivity index (χ4v) is 1.70. The zero-order chi connectivity index (χ0) is 13.4. The number of anilines is 1. The molecule has 0 spiro atoms. The lowest BCUT2D eigenvalue weighted by Gasteiger charge is -2.19. The monoisotopic (exact) mass is 252 g/mol. The topological polar surface area (TPSA) is 71.3 Å². The van der Waals surface area contributed by atoms with Crippen LogP contribution in [0.1, 0.15) is 20.3 Å². The summed E-state index contributed by atoms with van der Waals surface area (Å²) in [4.78, 5) is 16.1. The summed E-state index contributed by atoms with van der Waals surface area (Å²) in [6.45, 7) is 8.21. The van der Waals surface area contributed by atoms with Crippen LogP contribution >= 0.6 is 0 Å². The molecule has 1 aromatic rings. The van der Waals surface area contributed by atoms with Gasteiger partial charge in [-0.25, -0.2) is 0 Å². The Morgan fingerprint density at radius 1 is 1.39 bits per heavy atom. The molecule has 0 bridgehead atoms. The molecule has 1 rings (SSSR count). The molecule has 0 saturated heterocycles. The highest BCUT2D eigenvalue weighted by molar-refractivity contribution is 5.43. The van der Waals surface area contributed by atoms with Gasteiger partial charge in [0.25, 0.3) is 0 Å². The van der Waals surface area contributed by atoms with E-state index in [0.717, 1.165) is 38.3 Å². The van der Waals surface area contributed by atoms with Gasteiger partial charge in [-0.3, -0.25) is 0 Å². The van der Waals surface area contributed by atoms with E-state index in [1.807, 2.05) is 0 Å². The summed E-state index contributed by atoms with van der Waals surface area (Å²) in [5, 5.41) is 13.6. The maximum atomic E-state index is 10.4. The van der Waals surface area contributed by atoms with Gasteiger partial charge in [0.2, 0.25) is 0 Å². The van der Waals surface area contributed by atoms with Crippen molar-refractivity contribution >= 4 is 11.5 Å². The Morgan fingerprint density at radius 3 is 2.67 bits per heavy atom. The standard InChI is InChI=1S/C12H20N4O2/c1-3-8-15(4-2)9-7-13-11-5-6-12(14-10-11)16(17)18/h5-6,10,13H,3-4,7-9H2,1-2H3. The number of nitro groups is 1. The smallest absolute Gasteiger partial charge is 0.363 e. The average Bonchev–Trinajstić information content (AvgIpc) is 2.38. The van der Waals surface area contributed by atoms with E-state index in [0.29, 0.717) is 0 Å². The minimum Gasteiger partial charge on any atom is -0.381 e. The van der Waals surface area contributed by atoms with Gasteiger partial charge in [0, 0.05) is 19.2 Å². The van der Waals surface area contributed by atoms with E-state index in [9.17, 15) is 10.1 Å². The van der Waals surface area contributed by atoms with Crippen LogP contribution in [0.2, 0.25) is 0 Å². The summed E-state index contributed by atoms with van der Waals surface area (Å²) in [7, 11) is 0. The van der Waals surface area contributed by atoms with E-state index in [4.69, 9.17) is 0 Å². The van der Waals surface area contributed by atoms with Crippen molar-refractivity contribution in [1.82, 2.24) is 9.88 Å². The van der Waals surface area contributed by atoms with Gasteiger partial charge in [-0.2, -0.15) is 0 Å². The Morgan fingerprint density at radius 2 is 2.17 bits per heavy atom. The predicted octanol–water partition coefficient (Wildman–Crippen LogP) is 2.13. The number of likely N-dealkylation sites (N-methyl/N-ethyl adjacent to an activating group) is 1. The molecule has 6 heteroatoms. The summed E-state index contributed by atoms with van der Waals surface area (Å²) in [6, 6.07) is 3.09. The molecule has 6 nitrogen and oxygen atoms in total. The van der Waals surface area contributed by atoms with Crippen molar-refractivity contribution in [3.05, 3.63) is 28.4 Å². The second-order valence-corrected chi connectivity index (χ2v) is 4.02. The fraction of sp³-hybridized carbons (Fsp3) is 0.583. The average molecular weight is 252 g/mol. The zero-order valence-electron chi connectivity index (χ0n) is 10.9. The van der Waals surface area contributed by atoms with Crippen molar-refractivity contribution in [3.8, 4) is 0 Å². The molecule has 1 aromatic heterocycles. The van der Waals surface area contributed by atoms with E-state index in [1.54, 1.807) is 6.07 Å². The van der Waals surface area contributed by atoms with Crippen molar-refractivity contribution in [1.29, 1.82) is 0 Å². The predicted molar refractivity (Wildman–Crippen MR) is 71.8 cm³/mol. The van der Waals surface area contributed by atoms with Gasteiger partial charge in [0.1, 0.15) is 0 Å². The van der Waals surface area contributed by atoms with Crippen LogP contribution in [0.15, 0.2) is 18.3 Å². The van der Waals surface area contributed by atoms with Crippen LogP contribution in [0.5, 0.6) is 0 Å². The fourth-order valence-electron chi connectivity index (χ4n) is 1.70. The summed E-state index contributed by atoms with van der Waals surface area (Å²) in [5.41, 5.74) is 0.813. The van der Waals surface area contributed by atoms with Crippen molar-refractivity contribution < 1.29 is 4.92 Å². The van der Waals surface area contributed by atoms with E-state index < -0.39 is 4.92 Å². The Hall–Kier alpha value is -1.69. The van der Waals surface area contributed by atoms with E-state index >= 15 is 0 Å². The molecule has 18 heavy (non-hydrogen) atoms. The molecule has 0 radical (unpaired) electrons. The Labute approximate surface area is 107 Å². The van der Waals surface area contributed by atoms with Crippen molar-refractivity contribution in [2.45, 2.75) is 20.3 Å². The van der Waals surface area contributed by atoms with Crippen LogP contribution in [0.25, 0.3) is 0 Å². The molecule has 0 aliphatic carbocycles. The molecular weight excluding hydrogens is 232 g/mol. The highest BCUT2D eigenvalue weighted by Gasteiger charge is 2.06. The zero-order valence-corrected chi connectivity index (χ0v) is 10.9. The Balaban J connectivity index is 2.37. The van der Waals surface area contributed by atoms with Crippen LogP contribution in [-0.4, -0.2) is 41.0 Å². The minimum atomic E-state index is -0.496. The van der Waals surface area contributed by atoms with Crippen LogP contribution in [-0.2, 0) is 0 Å². The lowest BCUT2D eigenvalue weighted by molar-refractivity contribution is -0.389. The molecule has 0 aliphatic rings. The first-order valence-electron chi connectivity index (χ1n) is 6.24. The Bertz CT molecular complexity index is 367. The van der Waals surface area contributed by atoms with Crippen molar-refractivity contribution in [2.75, 3.05) is 31.5 Å². The number of hydrogen-bond donors (Lipinski definition) is 1. The summed E-state index contributed by atoms with van der Waals surface area (Å²) < 4.78 is 0. The van der Waals surface area contributed by atoms with Gasteiger partial charge in [0.05, 0.1) is 5.69 Å². The largest absolute Gasteiger partial charge is 0.381 e. The van der Waals surface area contributed by atoms with Gasteiger partial charge in [-0.15, -0.1) is 0 Å². The normalized spacial score (nSPS) is 10.6. The van der Waals surface area contributed by atoms with Gasteiger partial charge in [-0.1, -0.05) is 13.8 Å². The molecule has 100 valence electrons. The molecule has 0 fully saturated rings. The molecule has 0 saturated carbocycles. The van der Waals surface area contributed by atoms with Crippen LogP contribution < -0.4 is 5.32 Å². The third-order valence-corrected chi connectivity index (χ3v) is 2.68. The SMILES string of the molecule is CCCN(CC)CCNc1ccc([N+](=O)[O-])nc1. The van der Waals surface area contributed by atoms with Gasteiger partial charge < -0.3 is 20.3 Å². The molecule has 0 aromatic carbocycles. The van der Waals surface area contributed by atoms with Gasteiger partial charge in [-0.05, 0) is 35.5 Å². The summed E-state index contributed by atoms with van der Waals surface area (Å²) in [5.74, 6) is -0.123. The number of hydrogen-bond acceptors (Lipinski definition) is 5. The van der Waals surface area contributed by atoms with Crippen LogP contribution in [0.4, 0.5) is 11.5 Å². The van der Waals surface area contributed by atoms with E-state index in [1.165, 1.54) is 12.3 Å². The molecule has 0 aliphatic heterocycles. The second-order valence-electron chi connectivity index (χ2n) is 4.02. The van der Waals surface area contributed by atoms with Gasteiger partial charge in [0.15, 0.2) is 6.20 Å². The number of rotatable bonds is 8. The summed E-state index contributed by atoms with van der Waals surface area (Å²) >= 11 is 0. The minimum absolute atomic E-state index is 0.123. The first-order chi connectivity index (χ1) is 8.67. The molecular formula is C12H20N4O2. The molecule has 1 N–H and O–H groups in total. The molecule has 0 amide bonds. The number of nitrogens with zero attached hydrogens (tertiary/aromatic N) is 3. The third kappa shape index (κ3) is 4.67.